The zero-order valence-corrected chi connectivity index (χ0v) is 12.0. The molecule has 1 aromatic rings. The summed E-state index contributed by atoms with van der Waals surface area (Å²) < 4.78 is 0. The van der Waals surface area contributed by atoms with Crippen molar-refractivity contribution in [3.63, 3.8) is 0 Å². The van der Waals surface area contributed by atoms with E-state index in [1.165, 1.54) is 4.88 Å². The van der Waals surface area contributed by atoms with E-state index in [1.807, 2.05) is 19.9 Å². The molecular formula is C13H20ClNOS. The molecule has 1 aromatic heterocycles. The third kappa shape index (κ3) is 6.69. The monoisotopic (exact) mass is 273 g/mol. The van der Waals surface area contributed by atoms with Crippen LogP contribution in [0.2, 0.25) is 0 Å². The van der Waals surface area contributed by atoms with Crippen LogP contribution in [0, 0.1) is 0 Å². The van der Waals surface area contributed by atoms with Gasteiger partial charge in [-0.2, -0.15) is 0 Å². The summed E-state index contributed by atoms with van der Waals surface area (Å²) in [6.45, 7) is 3.94. The predicted octanol–water partition coefficient (Wildman–Crippen LogP) is 3.59. The minimum atomic E-state index is 0.108. The summed E-state index contributed by atoms with van der Waals surface area (Å²) in [5.41, 5.74) is 0. The van der Waals surface area contributed by atoms with Gasteiger partial charge in [0.05, 0.1) is 0 Å². The number of amides is 1. The molecule has 2 atom stereocenters. The van der Waals surface area contributed by atoms with Crippen molar-refractivity contribution in [2.45, 2.75) is 50.9 Å². The average Bonchev–Trinajstić information content (AvgIpc) is 2.68. The lowest BCUT2D eigenvalue weighted by Crippen LogP contribution is -2.33. The normalized spacial score (nSPS) is 14.3. The topological polar surface area (TPSA) is 29.1 Å². The fourth-order valence-electron chi connectivity index (χ4n) is 1.77. The Bertz CT molecular complexity index is 324. The number of carbonyl (C=O) groups is 1. The van der Waals surface area contributed by atoms with Crippen LogP contribution < -0.4 is 5.32 Å². The van der Waals surface area contributed by atoms with Gasteiger partial charge >= 0.3 is 0 Å². The first-order valence-corrected chi connectivity index (χ1v) is 7.35. The molecule has 0 saturated heterocycles. The van der Waals surface area contributed by atoms with Gasteiger partial charge in [-0.1, -0.05) is 6.07 Å². The quantitative estimate of drug-likeness (QED) is 0.756. The largest absolute Gasteiger partial charge is 0.354 e. The Balaban J connectivity index is 2.12. The van der Waals surface area contributed by atoms with Gasteiger partial charge in [-0.3, -0.25) is 4.79 Å². The second-order valence-corrected chi connectivity index (χ2v) is 6.20. The molecule has 17 heavy (non-hydrogen) atoms. The molecular weight excluding hydrogens is 254 g/mol. The number of halogens is 1. The number of nitrogens with one attached hydrogen (secondary N) is 1. The van der Waals surface area contributed by atoms with E-state index in [-0.39, 0.29) is 17.3 Å². The molecule has 2 unspecified atom stereocenters. The van der Waals surface area contributed by atoms with Crippen LogP contribution >= 0.6 is 22.9 Å². The third-order valence-electron chi connectivity index (χ3n) is 2.49. The lowest BCUT2D eigenvalue weighted by Gasteiger charge is -2.14. The van der Waals surface area contributed by atoms with Gasteiger partial charge in [0.25, 0.3) is 0 Å². The molecule has 0 saturated carbocycles. The molecule has 0 bridgehead atoms. The highest BCUT2D eigenvalue weighted by Crippen LogP contribution is 2.12. The first-order chi connectivity index (χ1) is 8.08. The number of aryl methyl sites for hydroxylation is 1. The highest BCUT2D eigenvalue weighted by Gasteiger charge is 2.09. The lowest BCUT2D eigenvalue weighted by molar-refractivity contribution is -0.121. The Morgan fingerprint density at radius 2 is 2.29 bits per heavy atom. The summed E-state index contributed by atoms with van der Waals surface area (Å²) in [6, 6.07) is 4.32. The molecule has 2 nitrogen and oxygen atoms in total. The molecule has 0 aliphatic heterocycles. The zero-order chi connectivity index (χ0) is 12.7. The molecule has 4 heteroatoms. The van der Waals surface area contributed by atoms with Gasteiger partial charge in [0.1, 0.15) is 0 Å². The summed E-state index contributed by atoms with van der Waals surface area (Å²) in [7, 11) is 0. The number of carbonyl (C=O) groups excluding carboxylic acids is 1. The van der Waals surface area contributed by atoms with E-state index in [1.54, 1.807) is 11.3 Å². The Morgan fingerprint density at radius 3 is 2.88 bits per heavy atom. The smallest absolute Gasteiger partial charge is 0.220 e. The predicted molar refractivity (Wildman–Crippen MR) is 74.8 cm³/mol. The first kappa shape index (κ1) is 14.5. The van der Waals surface area contributed by atoms with Crippen molar-refractivity contribution < 1.29 is 4.79 Å². The van der Waals surface area contributed by atoms with E-state index in [0.717, 1.165) is 19.3 Å². The van der Waals surface area contributed by atoms with Gasteiger partial charge in [-0.05, 0) is 44.6 Å². The molecule has 1 rings (SSSR count). The molecule has 1 N–H and O–H groups in total. The highest BCUT2D eigenvalue weighted by molar-refractivity contribution is 7.09. The Labute approximate surface area is 112 Å². The van der Waals surface area contributed by atoms with Gasteiger partial charge < -0.3 is 5.32 Å². The van der Waals surface area contributed by atoms with Gasteiger partial charge in [-0.25, -0.2) is 0 Å². The van der Waals surface area contributed by atoms with Crippen molar-refractivity contribution in [1.82, 2.24) is 5.32 Å². The molecule has 96 valence electrons. The minimum Gasteiger partial charge on any atom is -0.354 e. The van der Waals surface area contributed by atoms with Gasteiger partial charge in [0, 0.05) is 22.7 Å². The third-order valence-corrected chi connectivity index (χ3v) is 3.61. The standard InChI is InChI=1S/C13H20ClNOS/c1-10(14)9-11(2)15-13(16)7-3-5-12-6-4-8-17-12/h4,6,8,10-11H,3,5,7,9H2,1-2H3,(H,15,16). The second kappa shape index (κ2) is 7.72. The van der Waals surface area contributed by atoms with Crippen molar-refractivity contribution in [3.8, 4) is 0 Å². The van der Waals surface area contributed by atoms with E-state index in [0.29, 0.717) is 6.42 Å². The number of hydrogen-bond donors (Lipinski definition) is 1. The Morgan fingerprint density at radius 1 is 1.53 bits per heavy atom. The van der Waals surface area contributed by atoms with Crippen LogP contribution in [0.25, 0.3) is 0 Å². The fraction of sp³-hybridized carbons (Fsp3) is 0.615. The van der Waals surface area contributed by atoms with E-state index in [4.69, 9.17) is 11.6 Å². The summed E-state index contributed by atoms with van der Waals surface area (Å²) >= 11 is 7.63. The Kier molecular flexibility index (Phi) is 6.60. The SMILES string of the molecule is CC(Cl)CC(C)NC(=O)CCCc1cccs1. The first-order valence-electron chi connectivity index (χ1n) is 6.03. The van der Waals surface area contributed by atoms with Crippen LogP contribution in [0.3, 0.4) is 0 Å². The lowest BCUT2D eigenvalue weighted by atomic mass is 10.1. The van der Waals surface area contributed by atoms with Gasteiger partial charge in [0.2, 0.25) is 5.91 Å². The molecule has 0 radical (unpaired) electrons. The van der Waals surface area contributed by atoms with Crippen molar-refractivity contribution in [2.24, 2.45) is 0 Å². The maximum Gasteiger partial charge on any atom is 0.220 e. The molecule has 1 amide bonds. The van der Waals surface area contributed by atoms with Crippen LogP contribution in [-0.2, 0) is 11.2 Å². The summed E-state index contributed by atoms with van der Waals surface area (Å²) in [6.07, 6.45) is 3.32. The molecule has 1 heterocycles. The van der Waals surface area contributed by atoms with Crippen molar-refractivity contribution >= 4 is 28.8 Å². The molecule has 0 aliphatic carbocycles. The molecule has 0 aliphatic rings. The van der Waals surface area contributed by atoms with Gasteiger partial charge in [0.15, 0.2) is 0 Å². The van der Waals surface area contributed by atoms with Crippen LogP contribution in [0.15, 0.2) is 17.5 Å². The fourth-order valence-corrected chi connectivity index (χ4v) is 2.79. The maximum atomic E-state index is 11.6. The van der Waals surface area contributed by atoms with E-state index >= 15 is 0 Å². The number of thiophene rings is 1. The Hall–Kier alpha value is -0.540. The van der Waals surface area contributed by atoms with E-state index in [9.17, 15) is 4.79 Å². The molecule has 0 spiro atoms. The number of alkyl halides is 1. The van der Waals surface area contributed by atoms with Crippen LogP contribution in [0.1, 0.15) is 38.0 Å². The second-order valence-electron chi connectivity index (χ2n) is 4.42. The maximum absolute atomic E-state index is 11.6. The zero-order valence-electron chi connectivity index (χ0n) is 10.4. The van der Waals surface area contributed by atoms with Crippen LogP contribution in [0.5, 0.6) is 0 Å². The summed E-state index contributed by atoms with van der Waals surface area (Å²) in [5, 5.41) is 5.15. The van der Waals surface area contributed by atoms with Crippen molar-refractivity contribution in [1.29, 1.82) is 0 Å². The van der Waals surface area contributed by atoms with E-state index < -0.39 is 0 Å². The van der Waals surface area contributed by atoms with Crippen LogP contribution in [-0.4, -0.2) is 17.3 Å². The molecule has 0 fully saturated rings. The number of hydrogen-bond acceptors (Lipinski definition) is 2. The summed E-state index contributed by atoms with van der Waals surface area (Å²) in [5.74, 6) is 0.131. The van der Waals surface area contributed by atoms with E-state index in [2.05, 4.69) is 16.8 Å². The van der Waals surface area contributed by atoms with Crippen LogP contribution in [0.4, 0.5) is 0 Å². The van der Waals surface area contributed by atoms with Crippen molar-refractivity contribution in [2.75, 3.05) is 0 Å². The number of rotatable bonds is 7. The van der Waals surface area contributed by atoms with Crippen molar-refractivity contribution in [3.05, 3.63) is 22.4 Å². The highest BCUT2D eigenvalue weighted by atomic mass is 35.5. The average molecular weight is 274 g/mol. The molecule has 0 aromatic carbocycles. The minimum absolute atomic E-state index is 0.108. The summed E-state index contributed by atoms with van der Waals surface area (Å²) in [4.78, 5) is 13.0. The van der Waals surface area contributed by atoms with Gasteiger partial charge in [-0.15, -0.1) is 22.9 Å².